The van der Waals surface area contributed by atoms with E-state index in [4.69, 9.17) is 5.73 Å². The standard InChI is InChI=1S/C18H23N5O2/c1-2-14-9-17(25)22-18(21-14)13-5-6-16(20-10-13)23-7-3-4-12(11-23)8-15(19)24/h5-6,9-10,12H,2-4,7-8,11H2,1H3,(H2,19,24)(H,21,22,25). The van der Waals surface area contributed by atoms with Crippen LogP contribution in [0, 0.1) is 5.92 Å². The van der Waals surface area contributed by atoms with Gasteiger partial charge in [-0.3, -0.25) is 9.59 Å². The van der Waals surface area contributed by atoms with Gasteiger partial charge in [-0.15, -0.1) is 0 Å². The lowest BCUT2D eigenvalue weighted by atomic mass is 9.94. The molecule has 3 rings (SSSR count). The molecular formula is C18H23N5O2. The fourth-order valence-corrected chi connectivity index (χ4v) is 3.26. The van der Waals surface area contributed by atoms with E-state index < -0.39 is 0 Å². The quantitative estimate of drug-likeness (QED) is 0.857. The minimum Gasteiger partial charge on any atom is -0.370 e. The monoisotopic (exact) mass is 341 g/mol. The van der Waals surface area contributed by atoms with E-state index >= 15 is 0 Å². The number of aryl methyl sites for hydroxylation is 1. The molecule has 7 heteroatoms. The number of aromatic nitrogens is 3. The van der Waals surface area contributed by atoms with Gasteiger partial charge in [-0.1, -0.05) is 6.92 Å². The van der Waals surface area contributed by atoms with Gasteiger partial charge in [0, 0.05) is 43.0 Å². The van der Waals surface area contributed by atoms with Crippen molar-refractivity contribution in [2.45, 2.75) is 32.6 Å². The normalized spacial score (nSPS) is 17.5. The van der Waals surface area contributed by atoms with E-state index in [-0.39, 0.29) is 17.4 Å². The summed E-state index contributed by atoms with van der Waals surface area (Å²) in [6.07, 6.45) is 4.90. The first-order chi connectivity index (χ1) is 12.0. The zero-order valence-corrected chi connectivity index (χ0v) is 14.4. The second-order valence-electron chi connectivity index (χ2n) is 6.47. The van der Waals surface area contributed by atoms with Crippen LogP contribution in [0.4, 0.5) is 5.82 Å². The number of rotatable bonds is 5. The predicted molar refractivity (Wildman–Crippen MR) is 96.2 cm³/mol. The molecule has 1 fully saturated rings. The Balaban J connectivity index is 1.77. The van der Waals surface area contributed by atoms with E-state index in [0.29, 0.717) is 18.7 Å². The molecule has 1 saturated heterocycles. The number of H-pyrrole nitrogens is 1. The number of nitrogens with one attached hydrogen (secondary N) is 1. The molecule has 1 atom stereocenters. The second-order valence-corrected chi connectivity index (χ2v) is 6.47. The molecule has 0 spiro atoms. The topological polar surface area (TPSA) is 105 Å². The maximum Gasteiger partial charge on any atom is 0.251 e. The van der Waals surface area contributed by atoms with Crippen LogP contribution in [0.5, 0.6) is 0 Å². The molecule has 3 heterocycles. The van der Waals surface area contributed by atoms with Crippen molar-refractivity contribution in [2.24, 2.45) is 11.7 Å². The molecule has 25 heavy (non-hydrogen) atoms. The van der Waals surface area contributed by atoms with Crippen LogP contribution in [-0.2, 0) is 11.2 Å². The number of carbonyl (C=O) groups is 1. The van der Waals surface area contributed by atoms with Gasteiger partial charge in [-0.05, 0) is 37.3 Å². The number of amides is 1. The molecule has 132 valence electrons. The van der Waals surface area contributed by atoms with Gasteiger partial charge in [0.1, 0.15) is 11.6 Å². The van der Waals surface area contributed by atoms with Crippen LogP contribution in [0.2, 0.25) is 0 Å². The van der Waals surface area contributed by atoms with Gasteiger partial charge in [-0.25, -0.2) is 9.97 Å². The average Bonchev–Trinajstić information content (AvgIpc) is 2.61. The van der Waals surface area contributed by atoms with E-state index in [0.717, 1.165) is 43.0 Å². The van der Waals surface area contributed by atoms with Gasteiger partial charge in [-0.2, -0.15) is 0 Å². The number of aromatic amines is 1. The van der Waals surface area contributed by atoms with Crippen molar-refractivity contribution in [3.63, 3.8) is 0 Å². The molecule has 7 nitrogen and oxygen atoms in total. The molecule has 2 aromatic heterocycles. The number of piperidine rings is 1. The van der Waals surface area contributed by atoms with Crippen LogP contribution in [0.15, 0.2) is 29.2 Å². The van der Waals surface area contributed by atoms with Crippen molar-refractivity contribution in [3.05, 3.63) is 40.4 Å². The molecule has 2 aromatic rings. The molecule has 1 aliphatic rings. The molecule has 0 saturated carbocycles. The Hall–Kier alpha value is -2.70. The van der Waals surface area contributed by atoms with Crippen LogP contribution in [0.3, 0.4) is 0 Å². The Kier molecular flexibility index (Phi) is 5.11. The number of carbonyl (C=O) groups excluding carboxylic acids is 1. The molecule has 1 unspecified atom stereocenters. The number of anilines is 1. The third-order valence-electron chi connectivity index (χ3n) is 4.51. The Morgan fingerprint density at radius 3 is 2.96 bits per heavy atom. The molecule has 0 radical (unpaired) electrons. The second kappa shape index (κ2) is 7.46. The minimum atomic E-state index is -0.249. The molecule has 0 aromatic carbocycles. The summed E-state index contributed by atoms with van der Waals surface area (Å²) in [5, 5.41) is 0. The molecule has 3 N–H and O–H groups in total. The van der Waals surface area contributed by atoms with E-state index in [1.807, 2.05) is 19.1 Å². The SMILES string of the molecule is CCc1cc(=O)[nH]c(-c2ccc(N3CCCC(CC(N)=O)C3)nc2)n1. The molecule has 0 aliphatic carbocycles. The Morgan fingerprint density at radius 1 is 1.44 bits per heavy atom. The third kappa shape index (κ3) is 4.23. The fourth-order valence-electron chi connectivity index (χ4n) is 3.26. The highest BCUT2D eigenvalue weighted by atomic mass is 16.1. The van der Waals surface area contributed by atoms with Gasteiger partial charge in [0.15, 0.2) is 0 Å². The Morgan fingerprint density at radius 2 is 2.28 bits per heavy atom. The zero-order chi connectivity index (χ0) is 17.8. The van der Waals surface area contributed by atoms with Gasteiger partial charge in [0.05, 0.1) is 0 Å². The molecule has 0 bridgehead atoms. The summed E-state index contributed by atoms with van der Waals surface area (Å²) >= 11 is 0. The molecule has 1 amide bonds. The van der Waals surface area contributed by atoms with Gasteiger partial charge < -0.3 is 15.6 Å². The zero-order valence-electron chi connectivity index (χ0n) is 14.4. The fraction of sp³-hybridized carbons (Fsp3) is 0.444. The van der Waals surface area contributed by atoms with Crippen molar-refractivity contribution >= 4 is 11.7 Å². The Bertz CT molecular complexity index is 800. The first-order valence-corrected chi connectivity index (χ1v) is 8.65. The van der Waals surface area contributed by atoms with Crippen molar-refractivity contribution in [3.8, 4) is 11.4 Å². The smallest absolute Gasteiger partial charge is 0.251 e. The highest BCUT2D eigenvalue weighted by molar-refractivity contribution is 5.74. The van der Waals surface area contributed by atoms with E-state index in [2.05, 4.69) is 19.9 Å². The number of hydrogen-bond acceptors (Lipinski definition) is 5. The molecule has 1 aliphatic heterocycles. The van der Waals surface area contributed by atoms with Crippen LogP contribution in [0.1, 0.15) is 31.9 Å². The van der Waals surface area contributed by atoms with Crippen molar-refractivity contribution < 1.29 is 4.79 Å². The maximum absolute atomic E-state index is 11.7. The van der Waals surface area contributed by atoms with Crippen LogP contribution < -0.4 is 16.2 Å². The number of pyridine rings is 1. The van der Waals surface area contributed by atoms with Crippen molar-refractivity contribution in [1.82, 2.24) is 15.0 Å². The predicted octanol–water partition coefficient (Wildman–Crippen LogP) is 1.49. The lowest BCUT2D eigenvalue weighted by molar-refractivity contribution is -0.118. The lowest BCUT2D eigenvalue weighted by Crippen LogP contribution is -2.37. The number of nitrogens with two attached hydrogens (primary N) is 1. The molecular weight excluding hydrogens is 318 g/mol. The van der Waals surface area contributed by atoms with Crippen LogP contribution in [0.25, 0.3) is 11.4 Å². The Labute approximate surface area is 146 Å². The van der Waals surface area contributed by atoms with E-state index in [1.54, 1.807) is 6.20 Å². The van der Waals surface area contributed by atoms with Crippen LogP contribution >= 0.6 is 0 Å². The summed E-state index contributed by atoms with van der Waals surface area (Å²) in [7, 11) is 0. The number of hydrogen-bond donors (Lipinski definition) is 2. The maximum atomic E-state index is 11.7. The van der Waals surface area contributed by atoms with E-state index in [9.17, 15) is 9.59 Å². The highest BCUT2D eigenvalue weighted by Gasteiger charge is 2.22. The van der Waals surface area contributed by atoms with Crippen molar-refractivity contribution in [2.75, 3.05) is 18.0 Å². The number of primary amides is 1. The first-order valence-electron chi connectivity index (χ1n) is 8.65. The highest BCUT2D eigenvalue weighted by Crippen LogP contribution is 2.24. The third-order valence-corrected chi connectivity index (χ3v) is 4.51. The summed E-state index contributed by atoms with van der Waals surface area (Å²) in [6.45, 7) is 3.67. The van der Waals surface area contributed by atoms with Crippen molar-refractivity contribution in [1.29, 1.82) is 0 Å². The van der Waals surface area contributed by atoms with Gasteiger partial charge in [0.25, 0.3) is 5.56 Å². The summed E-state index contributed by atoms with van der Waals surface area (Å²) in [5.74, 6) is 1.44. The van der Waals surface area contributed by atoms with Gasteiger partial charge >= 0.3 is 0 Å². The number of nitrogens with zero attached hydrogens (tertiary/aromatic N) is 3. The summed E-state index contributed by atoms with van der Waals surface area (Å²) in [6, 6.07) is 5.36. The average molecular weight is 341 g/mol. The first kappa shape index (κ1) is 17.1. The summed E-state index contributed by atoms with van der Waals surface area (Å²) in [4.78, 5) is 36.8. The summed E-state index contributed by atoms with van der Waals surface area (Å²) in [5.41, 5.74) is 6.70. The van der Waals surface area contributed by atoms with E-state index in [1.165, 1.54) is 6.07 Å². The van der Waals surface area contributed by atoms with Gasteiger partial charge in [0.2, 0.25) is 5.91 Å². The lowest BCUT2D eigenvalue weighted by Gasteiger charge is -2.33. The summed E-state index contributed by atoms with van der Waals surface area (Å²) < 4.78 is 0. The van der Waals surface area contributed by atoms with Crippen LogP contribution in [-0.4, -0.2) is 33.9 Å². The largest absolute Gasteiger partial charge is 0.370 e. The minimum absolute atomic E-state index is 0.156.